The summed E-state index contributed by atoms with van der Waals surface area (Å²) in [5.41, 5.74) is 9.08. The molecule has 0 spiro atoms. The normalized spacial score (nSPS) is 12.7. The first-order valence-electron chi connectivity index (χ1n) is 12.0. The molecule has 0 aromatic heterocycles. The van der Waals surface area contributed by atoms with E-state index in [2.05, 4.69) is 23.9 Å². The number of hydrogen-bond donors (Lipinski definition) is 1. The van der Waals surface area contributed by atoms with Crippen LogP contribution in [0.15, 0.2) is 23.3 Å². The number of carboxylic acid groups (broad SMARTS) is 1. The molecule has 32 heavy (non-hydrogen) atoms. The molecule has 1 aromatic carbocycles. The van der Waals surface area contributed by atoms with Gasteiger partial charge in [0.25, 0.3) is 5.69 Å². The maximum atomic E-state index is 12.2. The Hall–Kier alpha value is -2.60. The molecular weight excluding hydrogens is 408 g/mol. The Morgan fingerprint density at radius 2 is 1.59 bits per heavy atom. The summed E-state index contributed by atoms with van der Waals surface area (Å²) in [6.07, 6.45) is 12.7. The van der Waals surface area contributed by atoms with E-state index in [1.165, 1.54) is 37.8 Å². The third kappa shape index (κ3) is 9.69. The molecule has 2 atom stereocenters. The summed E-state index contributed by atoms with van der Waals surface area (Å²) in [5.74, 6) is -2.01. The van der Waals surface area contributed by atoms with E-state index in [9.17, 15) is 20.0 Å². The van der Waals surface area contributed by atoms with Crippen molar-refractivity contribution in [3.8, 4) is 0 Å². The van der Waals surface area contributed by atoms with Crippen molar-refractivity contribution in [3.63, 3.8) is 0 Å². The number of benzene rings is 1. The highest BCUT2D eigenvalue weighted by molar-refractivity contribution is 5.72. The molecule has 0 heterocycles. The number of nitro benzene ring substituents is 1. The van der Waals surface area contributed by atoms with Gasteiger partial charge in [-0.1, -0.05) is 102 Å². The Balaban J connectivity index is 3.07. The fraction of sp³-hybridized carbons (Fsp3) is 0.708. The predicted octanol–water partition coefficient (Wildman–Crippen LogP) is 8.43. The maximum Gasteiger partial charge on any atom is 0.307 e. The van der Waals surface area contributed by atoms with Crippen molar-refractivity contribution in [1.82, 2.24) is 0 Å². The van der Waals surface area contributed by atoms with Crippen molar-refractivity contribution in [1.29, 1.82) is 0 Å². The summed E-state index contributed by atoms with van der Waals surface area (Å²) in [5, 5.41) is 25.2. The molecule has 0 aliphatic rings. The molecule has 0 fully saturated rings. The van der Waals surface area contributed by atoms with Gasteiger partial charge in [0.2, 0.25) is 0 Å². The number of nitrogens with zero attached hydrogens (tertiary/aromatic N) is 4. The Bertz CT molecular complexity index is 762. The number of unbranched alkanes of at least 4 members (excludes halogenated alkanes) is 9. The van der Waals surface area contributed by atoms with Gasteiger partial charge >= 0.3 is 5.97 Å². The smallest absolute Gasteiger partial charge is 0.307 e. The molecule has 0 saturated heterocycles. The zero-order chi connectivity index (χ0) is 23.8. The first-order chi connectivity index (χ1) is 15.5. The van der Waals surface area contributed by atoms with E-state index in [1.807, 2.05) is 0 Å². The zero-order valence-electron chi connectivity index (χ0n) is 19.5. The SMILES string of the molecule is CCCCCCCCCC(C(=O)O)C(CCCCCC)c1ccc(N=[N+]=[N-])cc1[N+](=O)[O-]. The zero-order valence-corrected chi connectivity index (χ0v) is 19.5. The number of aliphatic carboxylic acids is 1. The summed E-state index contributed by atoms with van der Waals surface area (Å²) in [4.78, 5) is 26.2. The van der Waals surface area contributed by atoms with Gasteiger partial charge in [-0.3, -0.25) is 14.9 Å². The first kappa shape index (κ1) is 27.4. The number of rotatable bonds is 18. The van der Waals surface area contributed by atoms with Crippen molar-refractivity contribution < 1.29 is 14.8 Å². The highest BCUT2D eigenvalue weighted by Gasteiger charge is 2.33. The van der Waals surface area contributed by atoms with Gasteiger partial charge in [-0.2, -0.15) is 0 Å². The van der Waals surface area contributed by atoms with Crippen molar-refractivity contribution >= 4 is 17.3 Å². The van der Waals surface area contributed by atoms with Gasteiger partial charge in [-0.15, -0.1) is 0 Å². The highest BCUT2D eigenvalue weighted by Crippen LogP contribution is 2.40. The third-order valence-electron chi connectivity index (χ3n) is 6.06. The lowest BCUT2D eigenvalue weighted by Crippen LogP contribution is -2.23. The molecule has 8 nitrogen and oxygen atoms in total. The van der Waals surface area contributed by atoms with Gasteiger partial charge in [0, 0.05) is 28.1 Å². The Kier molecular flexibility index (Phi) is 13.8. The summed E-state index contributed by atoms with van der Waals surface area (Å²) < 4.78 is 0. The fourth-order valence-electron chi connectivity index (χ4n) is 4.30. The van der Waals surface area contributed by atoms with Crippen LogP contribution in [-0.2, 0) is 4.79 Å². The quantitative estimate of drug-likeness (QED) is 0.0605. The van der Waals surface area contributed by atoms with Crippen LogP contribution in [0.2, 0.25) is 0 Å². The minimum absolute atomic E-state index is 0.159. The van der Waals surface area contributed by atoms with Gasteiger partial charge in [0.1, 0.15) is 0 Å². The van der Waals surface area contributed by atoms with Crippen LogP contribution in [0.1, 0.15) is 109 Å². The monoisotopic (exact) mass is 446 g/mol. The minimum atomic E-state index is -0.898. The molecule has 1 rings (SSSR count). The van der Waals surface area contributed by atoms with Gasteiger partial charge in [-0.25, -0.2) is 0 Å². The Labute approximate surface area is 191 Å². The average molecular weight is 447 g/mol. The molecule has 2 unspecified atom stereocenters. The Morgan fingerprint density at radius 3 is 2.16 bits per heavy atom. The summed E-state index contributed by atoms with van der Waals surface area (Å²) in [6.45, 7) is 4.29. The number of carbonyl (C=O) groups is 1. The van der Waals surface area contributed by atoms with E-state index < -0.39 is 22.7 Å². The van der Waals surface area contributed by atoms with Crippen LogP contribution in [0, 0.1) is 16.0 Å². The summed E-state index contributed by atoms with van der Waals surface area (Å²) in [6, 6.07) is 4.36. The molecule has 0 aliphatic heterocycles. The van der Waals surface area contributed by atoms with Crippen molar-refractivity contribution in [2.75, 3.05) is 0 Å². The molecular formula is C24H38N4O4. The second kappa shape index (κ2) is 16.1. The van der Waals surface area contributed by atoms with E-state index in [-0.39, 0.29) is 11.4 Å². The topological polar surface area (TPSA) is 129 Å². The molecule has 1 N–H and O–H groups in total. The van der Waals surface area contributed by atoms with Crippen LogP contribution in [0.5, 0.6) is 0 Å². The summed E-state index contributed by atoms with van der Waals surface area (Å²) >= 11 is 0. The van der Waals surface area contributed by atoms with Crippen LogP contribution in [0.4, 0.5) is 11.4 Å². The molecule has 0 saturated carbocycles. The van der Waals surface area contributed by atoms with Crippen LogP contribution in [-0.4, -0.2) is 16.0 Å². The number of carboxylic acids is 1. The lowest BCUT2D eigenvalue weighted by atomic mass is 9.78. The predicted molar refractivity (Wildman–Crippen MR) is 127 cm³/mol. The number of hydrogen-bond acceptors (Lipinski definition) is 4. The van der Waals surface area contributed by atoms with Crippen molar-refractivity contribution in [3.05, 3.63) is 44.3 Å². The average Bonchev–Trinajstić information content (AvgIpc) is 2.76. The van der Waals surface area contributed by atoms with Crippen LogP contribution in [0.25, 0.3) is 10.4 Å². The molecule has 8 heteroatoms. The van der Waals surface area contributed by atoms with Crippen LogP contribution in [0.3, 0.4) is 0 Å². The standard InChI is InChI=1S/C24H38N4O4/c1-3-5-7-9-10-11-13-15-22(24(29)30)20(14-12-8-6-4-2)21-17-16-19(26-27-25)18-23(21)28(31)32/h16-18,20,22H,3-15H2,1-2H3,(H,29,30). The Morgan fingerprint density at radius 1 is 1.03 bits per heavy atom. The molecule has 0 bridgehead atoms. The van der Waals surface area contributed by atoms with E-state index >= 15 is 0 Å². The second-order valence-electron chi connectivity index (χ2n) is 8.50. The molecule has 0 aliphatic carbocycles. The second-order valence-corrected chi connectivity index (χ2v) is 8.50. The number of azide groups is 1. The largest absolute Gasteiger partial charge is 0.481 e. The van der Waals surface area contributed by atoms with Crippen molar-refractivity contribution in [2.45, 2.75) is 103 Å². The lowest BCUT2D eigenvalue weighted by molar-refractivity contribution is -0.385. The number of nitro groups is 1. The van der Waals surface area contributed by atoms with Gasteiger partial charge < -0.3 is 5.11 Å². The van der Waals surface area contributed by atoms with Gasteiger partial charge in [0.15, 0.2) is 0 Å². The van der Waals surface area contributed by atoms with E-state index in [1.54, 1.807) is 6.07 Å². The van der Waals surface area contributed by atoms with E-state index in [0.29, 0.717) is 18.4 Å². The maximum absolute atomic E-state index is 12.2. The lowest BCUT2D eigenvalue weighted by Gasteiger charge is -2.25. The molecule has 178 valence electrons. The van der Waals surface area contributed by atoms with E-state index in [0.717, 1.165) is 44.9 Å². The molecule has 0 radical (unpaired) electrons. The van der Waals surface area contributed by atoms with Crippen LogP contribution < -0.4 is 0 Å². The van der Waals surface area contributed by atoms with Crippen molar-refractivity contribution in [2.24, 2.45) is 11.0 Å². The minimum Gasteiger partial charge on any atom is -0.481 e. The van der Waals surface area contributed by atoms with Crippen LogP contribution >= 0.6 is 0 Å². The van der Waals surface area contributed by atoms with E-state index in [4.69, 9.17) is 5.53 Å². The van der Waals surface area contributed by atoms with Gasteiger partial charge in [0.05, 0.1) is 10.8 Å². The first-order valence-corrected chi connectivity index (χ1v) is 12.0. The molecule has 1 aromatic rings. The fourth-order valence-corrected chi connectivity index (χ4v) is 4.30. The van der Waals surface area contributed by atoms with Gasteiger partial charge in [-0.05, 0) is 18.4 Å². The molecule has 0 amide bonds. The summed E-state index contributed by atoms with van der Waals surface area (Å²) in [7, 11) is 0. The third-order valence-corrected chi connectivity index (χ3v) is 6.06. The highest BCUT2D eigenvalue weighted by atomic mass is 16.6.